The summed E-state index contributed by atoms with van der Waals surface area (Å²) in [6, 6.07) is 0.276. The van der Waals surface area contributed by atoms with E-state index in [2.05, 4.69) is 20.4 Å². The van der Waals surface area contributed by atoms with Crippen LogP contribution in [0.4, 0.5) is 0 Å². The molecule has 110 valence electrons. The summed E-state index contributed by atoms with van der Waals surface area (Å²) < 4.78 is 4.67. The van der Waals surface area contributed by atoms with Crippen LogP contribution in [0.25, 0.3) is 0 Å². The van der Waals surface area contributed by atoms with E-state index in [4.69, 9.17) is 0 Å². The van der Waals surface area contributed by atoms with Crippen molar-refractivity contribution in [3.63, 3.8) is 0 Å². The lowest BCUT2D eigenvalue weighted by Crippen LogP contribution is -2.46. The Bertz CT molecular complexity index is 451. The lowest BCUT2D eigenvalue weighted by molar-refractivity contribution is -0.136. The summed E-state index contributed by atoms with van der Waals surface area (Å²) >= 11 is 0. The minimum absolute atomic E-state index is 0.121. The molecule has 0 aromatic heterocycles. The highest BCUT2D eigenvalue weighted by Crippen LogP contribution is 2.11. The molecule has 0 aromatic rings. The first kappa shape index (κ1) is 14.4. The van der Waals surface area contributed by atoms with Crippen molar-refractivity contribution < 1.29 is 14.3 Å². The van der Waals surface area contributed by atoms with E-state index >= 15 is 0 Å². The first-order chi connectivity index (χ1) is 9.60. The van der Waals surface area contributed by atoms with Gasteiger partial charge in [0.15, 0.2) is 0 Å². The Kier molecular flexibility index (Phi) is 4.60. The van der Waals surface area contributed by atoms with Gasteiger partial charge in [-0.1, -0.05) is 0 Å². The van der Waals surface area contributed by atoms with Crippen molar-refractivity contribution in [2.24, 2.45) is 4.99 Å². The maximum Gasteiger partial charge on any atom is 0.354 e. The van der Waals surface area contributed by atoms with Crippen molar-refractivity contribution in [2.45, 2.75) is 25.8 Å². The molecule has 7 heteroatoms. The van der Waals surface area contributed by atoms with Crippen molar-refractivity contribution in [3.05, 3.63) is 11.8 Å². The van der Waals surface area contributed by atoms with Crippen molar-refractivity contribution in [2.75, 3.05) is 26.9 Å². The van der Waals surface area contributed by atoms with E-state index in [-0.39, 0.29) is 11.9 Å². The molecule has 2 aliphatic rings. The van der Waals surface area contributed by atoms with E-state index in [9.17, 15) is 9.59 Å². The number of hydrogen-bond donors (Lipinski definition) is 2. The molecule has 0 radical (unpaired) electrons. The van der Waals surface area contributed by atoms with E-state index in [0.717, 1.165) is 25.9 Å². The van der Waals surface area contributed by atoms with E-state index < -0.39 is 5.97 Å². The summed E-state index contributed by atoms with van der Waals surface area (Å²) in [5, 5.41) is 6.18. The van der Waals surface area contributed by atoms with E-state index in [1.165, 1.54) is 7.11 Å². The van der Waals surface area contributed by atoms with Crippen LogP contribution >= 0.6 is 0 Å². The van der Waals surface area contributed by atoms with Crippen LogP contribution in [0, 0.1) is 0 Å². The monoisotopic (exact) mass is 280 g/mol. The fraction of sp³-hybridized carbons (Fsp3) is 0.615. The van der Waals surface area contributed by atoms with Gasteiger partial charge in [0.1, 0.15) is 18.2 Å². The number of nitrogens with zero attached hydrogens (tertiary/aromatic N) is 2. The second-order valence-corrected chi connectivity index (χ2v) is 4.85. The first-order valence-corrected chi connectivity index (χ1v) is 6.70. The lowest BCUT2D eigenvalue weighted by atomic mass is 10.0. The molecule has 2 N–H and O–H groups in total. The summed E-state index contributed by atoms with van der Waals surface area (Å²) in [5.74, 6) is 0.409. The zero-order valence-corrected chi connectivity index (χ0v) is 11.8. The third-order valence-corrected chi connectivity index (χ3v) is 3.50. The van der Waals surface area contributed by atoms with Crippen LogP contribution in [0.2, 0.25) is 0 Å². The van der Waals surface area contributed by atoms with Gasteiger partial charge in [-0.3, -0.25) is 4.79 Å². The number of amides is 1. The minimum Gasteiger partial charge on any atom is -0.464 e. The second kappa shape index (κ2) is 6.40. The number of carbonyl (C=O) groups is 2. The molecule has 0 atom stereocenters. The number of carbonyl (C=O) groups excluding carboxylic acids is 2. The smallest absolute Gasteiger partial charge is 0.354 e. The maximum absolute atomic E-state index is 11.4. The van der Waals surface area contributed by atoms with E-state index in [0.29, 0.717) is 18.2 Å². The van der Waals surface area contributed by atoms with Crippen LogP contribution < -0.4 is 10.6 Å². The van der Waals surface area contributed by atoms with E-state index in [1.807, 2.05) is 4.90 Å². The van der Waals surface area contributed by atoms with Gasteiger partial charge in [-0.15, -0.1) is 0 Å². The number of likely N-dealkylation sites (tertiary alicyclic amines) is 1. The number of ether oxygens (including phenoxy) is 1. The van der Waals surface area contributed by atoms with Gasteiger partial charge in [-0.2, -0.15) is 0 Å². The number of methoxy groups -OCH3 is 1. The molecule has 2 rings (SSSR count). The highest BCUT2D eigenvalue weighted by Gasteiger charge is 2.22. The van der Waals surface area contributed by atoms with Crippen molar-refractivity contribution >= 4 is 17.7 Å². The van der Waals surface area contributed by atoms with Gasteiger partial charge in [-0.25, -0.2) is 9.79 Å². The number of aliphatic imine (C=N–C) groups is 1. The van der Waals surface area contributed by atoms with Gasteiger partial charge < -0.3 is 20.3 Å². The Morgan fingerprint density at radius 2 is 2.15 bits per heavy atom. The average molecular weight is 280 g/mol. The van der Waals surface area contributed by atoms with Crippen LogP contribution in [0.15, 0.2) is 16.8 Å². The normalized spacial score (nSPS) is 19.6. The molecule has 2 heterocycles. The molecule has 1 fully saturated rings. The highest BCUT2D eigenvalue weighted by molar-refractivity contribution is 6.01. The molecular weight excluding hydrogens is 260 g/mol. The minimum atomic E-state index is -0.398. The summed E-state index contributed by atoms with van der Waals surface area (Å²) in [4.78, 5) is 28.8. The number of hydrogen-bond acceptors (Lipinski definition) is 6. The molecule has 0 spiro atoms. The molecule has 1 amide bonds. The Hall–Kier alpha value is -2.05. The van der Waals surface area contributed by atoms with Gasteiger partial charge in [0, 0.05) is 32.1 Å². The molecule has 1 saturated heterocycles. The molecule has 0 bridgehead atoms. The third kappa shape index (κ3) is 3.49. The standard InChI is InChI=1S/C13H20N4O3/c1-9(18)17-5-3-10(4-6-17)16-12-7-11(13(19)20-2)14-8-15-12/h7,10,14H,3-6,8H2,1-2H3,(H,15,16). The summed E-state index contributed by atoms with van der Waals surface area (Å²) in [7, 11) is 1.35. The zero-order chi connectivity index (χ0) is 14.5. The predicted molar refractivity (Wildman–Crippen MR) is 73.9 cm³/mol. The Morgan fingerprint density at radius 1 is 1.45 bits per heavy atom. The first-order valence-electron chi connectivity index (χ1n) is 6.70. The van der Waals surface area contributed by atoms with Crippen molar-refractivity contribution in [1.82, 2.24) is 15.5 Å². The molecule has 0 saturated carbocycles. The second-order valence-electron chi connectivity index (χ2n) is 4.85. The van der Waals surface area contributed by atoms with E-state index in [1.54, 1.807) is 13.0 Å². The van der Waals surface area contributed by atoms with Crippen LogP contribution in [0.1, 0.15) is 19.8 Å². The van der Waals surface area contributed by atoms with Crippen molar-refractivity contribution in [1.29, 1.82) is 0 Å². The quantitative estimate of drug-likeness (QED) is 0.673. The van der Waals surface area contributed by atoms with Gasteiger partial charge in [-0.05, 0) is 12.8 Å². The van der Waals surface area contributed by atoms with Gasteiger partial charge in [0.25, 0.3) is 0 Å². The number of nitrogens with one attached hydrogen (secondary N) is 2. The van der Waals surface area contributed by atoms with Crippen LogP contribution in [0.5, 0.6) is 0 Å². The fourth-order valence-electron chi connectivity index (χ4n) is 2.32. The Labute approximate surface area is 118 Å². The third-order valence-electron chi connectivity index (χ3n) is 3.50. The average Bonchev–Trinajstić information content (AvgIpc) is 2.47. The molecule has 0 aliphatic carbocycles. The Balaban J connectivity index is 1.88. The van der Waals surface area contributed by atoms with Gasteiger partial charge >= 0.3 is 5.97 Å². The predicted octanol–water partition coefficient (Wildman–Crippen LogP) is -0.397. The van der Waals surface area contributed by atoms with Crippen molar-refractivity contribution in [3.8, 4) is 0 Å². The number of esters is 1. The number of rotatable bonds is 2. The fourth-order valence-corrected chi connectivity index (χ4v) is 2.32. The summed E-state index contributed by atoms with van der Waals surface area (Å²) in [6.45, 7) is 3.46. The molecule has 7 nitrogen and oxygen atoms in total. The topological polar surface area (TPSA) is 83.0 Å². The Morgan fingerprint density at radius 3 is 2.75 bits per heavy atom. The largest absolute Gasteiger partial charge is 0.464 e. The SMILES string of the molecule is COC(=O)C1=CC(NC2CCN(C(C)=O)CC2)=NCN1. The van der Waals surface area contributed by atoms with Crippen LogP contribution in [-0.2, 0) is 14.3 Å². The van der Waals surface area contributed by atoms with Gasteiger partial charge in [0.2, 0.25) is 5.91 Å². The highest BCUT2D eigenvalue weighted by atomic mass is 16.5. The maximum atomic E-state index is 11.4. The molecule has 0 unspecified atom stereocenters. The number of piperidine rings is 1. The molecule has 2 aliphatic heterocycles. The van der Waals surface area contributed by atoms with Crippen LogP contribution in [0.3, 0.4) is 0 Å². The lowest BCUT2D eigenvalue weighted by Gasteiger charge is -2.32. The molecular formula is C13H20N4O3. The zero-order valence-electron chi connectivity index (χ0n) is 11.8. The van der Waals surface area contributed by atoms with Crippen LogP contribution in [-0.4, -0.2) is 55.5 Å². The molecule has 20 heavy (non-hydrogen) atoms. The van der Waals surface area contributed by atoms with Gasteiger partial charge in [0.05, 0.1) is 7.11 Å². The molecule has 0 aromatic carbocycles. The number of amidine groups is 1. The summed E-state index contributed by atoms with van der Waals surface area (Å²) in [6.07, 6.45) is 3.42. The summed E-state index contributed by atoms with van der Waals surface area (Å²) in [5.41, 5.74) is 0.408.